The SMILES string of the molecule is Cc1cc(CC(=O)NC2CCc3[nH]ncc3C2)no1. The van der Waals surface area contributed by atoms with Crippen LogP contribution in [0, 0.1) is 6.92 Å². The number of H-pyrrole nitrogens is 1. The Labute approximate surface area is 110 Å². The van der Waals surface area contributed by atoms with E-state index >= 15 is 0 Å². The fourth-order valence-corrected chi connectivity index (χ4v) is 2.48. The minimum atomic E-state index is -0.00903. The minimum Gasteiger partial charge on any atom is -0.361 e. The Kier molecular flexibility index (Phi) is 3.06. The van der Waals surface area contributed by atoms with E-state index in [0.717, 1.165) is 25.0 Å². The van der Waals surface area contributed by atoms with Gasteiger partial charge >= 0.3 is 0 Å². The van der Waals surface area contributed by atoms with Gasteiger partial charge in [-0.2, -0.15) is 5.10 Å². The second-order valence-electron chi connectivity index (χ2n) is 4.99. The third-order valence-electron chi connectivity index (χ3n) is 3.40. The molecule has 2 aromatic rings. The summed E-state index contributed by atoms with van der Waals surface area (Å²) in [5, 5.41) is 13.9. The van der Waals surface area contributed by atoms with Gasteiger partial charge in [-0.05, 0) is 31.7 Å². The molecule has 1 atom stereocenters. The molecule has 0 aromatic carbocycles. The third kappa shape index (κ3) is 2.67. The van der Waals surface area contributed by atoms with Crippen molar-refractivity contribution in [2.24, 2.45) is 0 Å². The van der Waals surface area contributed by atoms with Crippen molar-refractivity contribution < 1.29 is 9.32 Å². The van der Waals surface area contributed by atoms with Crippen molar-refractivity contribution >= 4 is 5.91 Å². The average Bonchev–Trinajstić information content (AvgIpc) is 2.97. The summed E-state index contributed by atoms with van der Waals surface area (Å²) in [7, 11) is 0. The number of amides is 1. The van der Waals surface area contributed by atoms with Gasteiger partial charge in [-0.1, -0.05) is 5.16 Å². The molecule has 1 aliphatic carbocycles. The van der Waals surface area contributed by atoms with Crippen LogP contribution in [0.15, 0.2) is 16.8 Å². The van der Waals surface area contributed by atoms with Gasteiger partial charge in [0.25, 0.3) is 0 Å². The number of nitrogens with zero attached hydrogens (tertiary/aromatic N) is 2. The normalized spacial score (nSPS) is 18.1. The van der Waals surface area contributed by atoms with E-state index in [-0.39, 0.29) is 18.4 Å². The van der Waals surface area contributed by atoms with Crippen molar-refractivity contribution in [3.63, 3.8) is 0 Å². The van der Waals surface area contributed by atoms with Gasteiger partial charge in [-0.25, -0.2) is 0 Å². The summed E-state index contributed by atoms with van der Waals surface area (Å²) >= 11 is 0. The van der Waals surface area contributed by atoms with Crippen molar-refractivity contribution in [1.29, 1.82) is 0 Å². The molecule has 2 aromatic heterocycles. The molecule has 1 aliphatic rings. The Bertz CT molecular complexity index is 587. The van der Waals surface area contributed by atoms with E-state index in [0.29, 0.717) is 5.69 Å². The Morgan fingerprint density at radius 1 is 1.63 bits per heavy atom. The van der Waals surface area contributed by atoms with Gasteiger partial charge in [-0.15, -0.1) is 0 Å². The molecular formula is C13H16N4O2. The predicted molar refractivity (Wildman–Crippen MR) is 67.5 cm³/mol. The van der Waals surface area contributed by atoms with Crippen LogP contribution in [0.3, 0.4) is 0 Å². The van der Waals surface area contributed by atoms with Crippen LogP contribution in [0.25, 0.3) is 0 Å². The fraction of sp³-hybridized carbons (Fsp3) is 0.462. The summed E-state index contributed by atoms with van der Waals surface area (Å²) in [5.74, 6) is 0.716. The summed E-state index contributed by atoms with van der Waals surface area (Å²) in [4.78, 5) is 11.9. The number of carbonyl (C=O) groups is 1. The Morgan fingerprint density at radius 2 is 2.53 bits per heavy atom. The second kappa shape index (κ2) is 4.87. The van der Waals surface area contributed by atoms with E-state index < -0.39 is 0 Å². The summed E-state index contributed by atoms with van der Waals surface area (Å²) in [6.45, 7) is 1.82. The van der Waals surface area contributed by atoms with Gasteiger partial charge in [-0.3, -0.25) is 9.89 Å². The number of hydrogen-bond donors (Lipinski definition) is 2. The Hall–Kier alpha value is -2.11. The first-order valence-corrected chi connectivity index (χ1v) is 6.43. The quantitative estimate of drug-likeness (QED) is 0.859. The molecule has 6 nitrogen and oxygen atoms in total. The van der Waals surface area contributed by atoms with Crippen LogP contribution in [-0.4, -0.2) is 27.3 Å². The Balaban J connectivity index is 1.56. The number of nitrogens with one attached hydrogen (secondary N) is 2. The van der Waals surface area contributed by atoms with Gasteiger partial charge in [0.1, 0.15) is 5.76 Å². The van der Waals surface area contributed by atoms with Crippen LogP contribution in [0.4, 0.5) is 0 Å². The number of rotatable bonds is 3. The molecule has 1 amide bonds. The highest BCUT2D eigenvalue weighted by atomic mass is 16.5. The zero-order valence-electron chi connectivity index (χ0n) is 10.8. The van der Waals surface area contributed by atoms with Crippen molar-refractivity contribution in [3.8, 4) is 0 Å². The van der Waals surface area contributed by atoms with Crippen molar-refractivity contribution in [1.82, 2.24) is 20.7 Å². The molecule has 3 rings (SSSR count). The summed E-state index contributed by atoms with van der Waals surface area (Å²) in [6, 6.07) is 1.97. The molecular weight excluding hydrogens is 244 g/mol. The number of fused-ring (bicyclic) bond motifs is 1. The number of aromatic nitrogens is 3. The molecule has 2 heterocycles. The molecule has 0 saturated carbocycles. The van der Waals surface area contributed by atoms with Gasteiger partial charge in [0, 0.05) is 17.8 Å². The topological polar surface area (TPSA) is 83.8 Å². The first-order valence-electron chi connectivity index (χ1n) is 6.43. The molecule has 19 heavy (non-hydrogen) atoms. The summed E-state index contributed by atoms with van der Waals surface area (Å²) in [5.41, 5.74) is 3.07. The maximum absolute atomic E-state index is 11.9. The highest BCUT2D eigenvalue weighted by Crippen LogP contribution is 2.18. The van der Waals surface area contributed by atoms with Crippen LogP contribution >= 0.6 is 0 Å². The minimum absolute atomic E-state index is 0.00903. The molecule has 0 saturated heterocycles. The van der Waals surface area contributed by atoms with Crippen molar-refractivity contribution in [2.75, 3.05) is 0 Å². The first-order chi connectivity index (χ1) is 9.20. The van der Waals surface area contributed by atoms with E-state index in [1.54, 1.807) is 6.07 Å². The molecule has 6 heteroatoms. The van der Waals surface area contributed by atoms with Gasteiger partial charge in [0.15, 0.2) is 0 Å². The van der Waals surface area contributed by atoms with E-state index in [9.17, 15) is 4.79 Å². The number of carbonyl (C=O) groups excluding carboxylic acids is 1. The van der Waals surface area contributed by atoms with Crippen LogP contribution in [-0.2, 0) is 24.1 Å². The Morgan fingerprint density at radius 3 is 3.32 bits per heavy atom. The fourth-order valence-electron chi connectivity index (χ4n) is 2.48. The number of aryl methyl sites for hydroxylation is 2. The monoisotopic (exact) mass is 260 g/mol. The van der Waals surface area contributed by atoms with Crippen molar-refractivity contribution in [3.05, 3.63) is 35.0 Å². The average molecular weight is 260 g/mol. The van der Waals surface area contributed by atoms with E-state index in [1.165, 1.54) is 11.3 Å². The lowest BCUT2D eigenvalue weighted by molar-refractivity contribution is -0.121. The number of aromatic amines is 1. The summed E-state index contributed by atoms with van der Waals surface area (Å²) < 4.78 is 4.95. The van der Waals surface area contributed by atoms with E-state index in [4.69, 9.17) is 4.52 Å². The maximum Gasteiger partial charge on any atom is 0.226 e. The summed E-state index contributed by atoms with van der Waals surface area (Å²) in [6.07, 6.45) is 4.83. The lowest BCUT2D eigenvalue weighted by Gasteiger charge is -2.22. The molecule has 100 valence electrons. The highest BCUT2D eigenvalue weighted by molar-refractivity contribution is 5.78. The standard InChI is InChI=1S/C13H16N4O2/c1-8-4-11(17-19-8)6-13(18)15-10-2-3-12-9(5-10)7-14-16-12/h4,7,10H,2-3,5-6H2,1H3,(H,14,16)(H,15,18). The largest absolute Gasteiger partial charge is 0.361 e. The maximum atomic E-state index is 11.9. The lowest BCUT2D eigenvalue weighted by Crippen LogP contribution is -2.39. The zero-order valence-corrected chi connectivity index (χ0v) is 10.8. The molecule has 2 N–H and O–H groups in total. The molecule has 0 radical (unpaired) electrons. The molecule has 0 fully saturated rings. The highest BCUT2D eigenvalue weighted by Gasteiger charge is 2.21. The molecule has 0 spiro atoms. The van der Waals surface area contributed by atoms with Crippen LogP contribution in [0.5, 0.6) is 0 Å². The second-order valence-corrected chi connectivity index (χ2v) is 4.99. The van der Waals surface area contributed by atoms with Crippen LogP contribution in [0.2, 0.25) is 0 Å². The molecule has 0 aliphatic heterocycles. The van der Waals surface area contributed by atoms with Gasteiger partial charge < -0.3 is 9.84 Å². The van der Waals surface area contributed by atoms with Gasteiger partial charge in [0.2, 0.25) is 5.91 Å². The van der Waals surface area contributed by atoms with Crippen LogP contribution < -0.4 is 5.32 Å². The lowest BCUT2D eigenvalue weighted by atomic mass is 9.93. The smallest absolute Gasteiger partial charge is 0.226 e. The number of hydrogen-bond acceptors (Lipinski definition) is 4. The van der Waals surface area contributed by atoms with Crippen molar-refractivity contribution in [2.45, 2.75) is 38.6 Å². The van der Waals surface area contributed by atoms with E-state index in [2.05, 4.69) is 20.7 Å². The third-order valence-corrected chi connectivity index (χ3v) is 3.40. The predicted octanol–water partition coefficient (Wildman–Crippen LogP) is 0.922. The first kappa shape index (κ1) is 12.0. The van der Waals surface area contributed by atoms with Crippen LogP contribution in [0.1, 0.15) is 29.1 Å². The zero-order chi connectivity index (χ0) is 13.2. The molecule has 1 unspecified atom stereocenters. The molecule has 0 bridgehead atoms. The van der Waals surface area contributed by atoms with Gasteiger partial charge in [0.05, 0.1) is 18.3 Å². The van der Waals surface area contributed by atoms with E-state index in [1.807, 2.05) is 13.1 Å².